The standard InChI is InChI=1S/C19H18N2O3S/c1-24-18-13-11-16(12-14-18)20-15-7-9-17(10-8-15)21-25(22,23)19-5-3-2-4-6-19/h2-14,20-21H,1H3. The summed E-state index contributed by atoms with van der Waals surface area (Å²) in [6.45, 7) is 0. The number of anilines is 3. The largest absolute Gasteiger partial charge is 0.497 e. The van der Waals surface area contributed by atoms with Crippen LogP contribution in [0.4, 0.5) is 17.1 Å². The number of rotatable bonds is 6. The third-order valence-corrected chi connectivity index (χ3v) is 4.97. The van der Waals surface area contributed by atoms with Crippen molar-refractivity contribution >= 4 is 27.1 Å². The summed E-state index contributed by atoms with van der Waals surface area (Å²) in [5.41, 5.74) is 2.27. The Morgan fingerprint density at radius 2 is 1.24 bits per heavy atom. The van der Waals surface area contributed by atoms with Gasteiger partial charge in [0.1, 0.15) is 5.75 Å². The highest BCUT2D eigenvalue weighted by atomic mass is 32.2. The minimum absolute atomic E-state index is 0.232. The molecule has 0 fully saturated rings. The average Bonchev–Trinajstić information content (AvgIpc) is 2.64. The summed E-state index contributed by atoms with van der Waals surface area (Å²) in [6.07, 6.45) is 0. The molecule has 0 aliphatic carbocycles. The van der Waals surface area contributed by atoms with Gasteiger partial charge in [0.15, 0.2) is 0 Å². The van der Waals surface area contributed by atoms with Gasteiger partial charge in [0.2, 0.25) is 0 Å². The van der Waals surface area contributed by atoms with Crippen LogP contribution in [0, 0.1) is 0 Å². The molecule has 25 heavy (non-hydrogen) atoms. The van der Waals surface area contributed by atoms with E-state index in [1.54, 1.807) is 49.6 Å². The summed E-state index contributed by atoms with van der Waals surface area (Å²) in [7, 11) is -1.95. The van der Waals surface area contributed by atoms with Crippen LogP contribution >= 0.6 is 0 Å². The highest BCUT2D eigenvalue weighted by Crippen LogP contribution is 2.22. The van der Waals surface area contributed by atoms with Crippen molar-refractivity contribution < 1.29 is 13.2 Å². The molecule has 3 aromatic rings. The van der Waals surface area contributed by atoms with Crippen molar-refractivity contribution in [2.75, 3.05) is 17.1 Å². The van der Waals surface area contributed by atoms with Gasteiger partial charge in [-0.05, 0) is 60.7 Å². The molecule has 3 rings (SSSR count). The Labute approximate surface area is 147 Å². The smallest absolute Gasteiger partial charge is 0.261 e. The quantitative estimate of drug-likeness (QED) is 0.695. The van der Waals surface area contributed by atoms with Crippen LogP contribution in [0.25, 0.3) is 0 Å². The molecule has 0 bridgehead atoms. The maximum Gasteiger partial charge on any atom is 0.261 e. The molecule has 0 aromatic heterocycles. The second-order valence-corrected chi connectivity index (χ2v) is 7.03. The molecule has 0 unspecified atom stereocenters. The lowest BCUT2D eigenvalue weighted by Crippen LogP contribution is -2.12. The molecule has 3 aromatic carbocycles. The Morgan fingerprint density at radius 3 is 1.80 bits per heavy atom. The van der Waals surface area contributed by atoms with Crippen LogP contribution in [0.2, 0.25) is 0 Å². The van der Waals surface area contributed by atoms with Gasteiger partial charge in [-0.3, -0.25) is 4.72 Å². The Bertz CT molecular complexity index is 923. The summed E-state index contributed by atoms with van der Waals surface area (Å²) in [6, 6.07) is 22.9. The van der Waals surface area contributed by atoms with E-state index < -0.39 is 10.0 Å². The predicted octanol–water partition coefficient (Wildman–Crippen LogP) is 4.24. The molecule has 0 saturated heterocycles. The summed E-state index contributed by atoms with van der Waals surface area (Å²) in [5, 5.41) is 3.24. The van der Waals surface area contributed by atoms with Crippen molar-refractivity contribution in [1.82, 2.24) is 0 Å². The van der Waals surface area contributed by atoms with Crippen molar-refractivity contribution in [3.8, 4) is 5.75 Å². The maximum atomic E-state index is 12.3. The van der Waals surface area contributed by atoms with E-state index in [0.717, 1.165) is 17.1 Å². The first kappa shape index (κ1) is 16.9. The maximum absolute atomic E-state index is 12.3. The van der Waals surface area contributed by atoms with E-state index in [4.69, 9.17) is 4.74 Å². The topological polar surface area (TPSA) is 67.4 Å². The fourth-order valence-electron chi connectivity index (χ4n) is 2.28. The second-order valence-electron chi connectivity index (χ2n) is 5.35. The predicted molar refractivity (Wildman–Crippen MR) is 100.0 cm³/mol. The number of benzene rings is 3. The zero-order valence-corrected chi connectivity index (χ0v) is 14.5. The fraction of sp³-hybridized carbons (Fsp3) is 0.0526. The molecule has 0 aliphatic rings. The fourth-order valence-corrected chi connectivity index (χ4v) is 3.36. The lowest BCUT2D eigenvalue weighted by atomic mass is 10.2. The highest BCUT2D eigenvalue weighted by molar-refractivity contribution is 7.92. The molecule has 0 atom stereocenters. The third-order valence-electron chi connectivity index (χ3n) is 3.57. The highest BCUT2D eigenvalue weighted by Gasteiger charge is 2.13. The third kappa shape index (κ3) is 4.30. The minimum atomic E-state index is -3.58. The van der Waals surface area contributed by atoms with Gasteiger partial charge in [0.05, 0.1) is 12.0 Å². The summed E-state index contributed by atoms with van der Waals surface area (Å²) >= 11 is 0. The number of methoxy groups -OCH3 is 1. The zero-order chi connectivity index (χ0) is 17.7. The van der Waals surface area contributed by atoms with Gasteiger partial charge in [-0.2, -0.15) is 0 Å². The van der Waals surface area contributed by atoms with E-state index in [-0.39, 0.29) is 4.90 Å². The van der Waals surface area contributed by atoms with Crippen LogP contribution in [0.1, 0.15) is 0 Å². The Balaban J connectivity index is 1.69. The van der Waals surface area contributed by atoms with E-state index in [2.05, 4.69) is 10.0 Å². The monoisotopic (exact) mass is 354 g/mol. The summed E-state index contributed by atoms with van der Waals surface area (Å²) in [4.78, 5) is 0.232. The Kier molecular flexibility index (Phi) is 4.90. The van der Waals surface area contributed by atoms with Crippen molar-refractivity contribution in [2.45, 2.75) is 4.90 Å². The first-order chi connectivity index (χ1) is 12.1. The van der Waals surface area contributed by atoms with E-state index >= 15 is 0 Å². The van der Waals surface area contributed by atoms with Gasteiger partial charge in [-0.25, -0.2) is 8.42 Å². The molecule has 5 nitrogen and oxygen atoms in total. The van der Waals surface area contributed by atoms with Crippen LogP contribution in [-0.2, 0) is 10.0 Å². The average molecular weight is 354 g/mol. The van der Waals surface area contributed by atoms with Gasteiger partial charge in [-0.15, -0.1) is 0 Å². The number of sulfonamides is 1. The van der Waals surface area contributed by atoms with Crippen LogP contribution in [0.15, 0.2) is 83.8 Å². The lowest BCUT2D eigenvalue weighted by Gasteiger charge is -2.10. The van der Waals surface area contributed by atoms with E-state index in [0.29, 0.717) is 5.69 Å². The number of hydrogen-bond donors (Lipinski definition) is 2. The Hall–Kier alpha value is -2.99. The van der Waals surface area contributed by atoms with Gasteiger partial charge in [0.25, 0.3) is 10.0 Å². The van der Waals surface area contributed by atoms with E-state index in [9.17, 15) is 8.42 Å². The van der Waals surface area contributed by atoms with Gasteiger partial charge >= 0.3 is 0 Å². The van der Waals surface area contributed by atoms with Crippen molar-refractivity contribution in [3.05, 3.63) is 78.9 Å². The molecule has 2 N–H and O–H groups in total. The van der Waals surface area contributed by atoms with Crippen LogP contribution < -0.4 is 14.8 Å². The molecule has 128 valence electrons. The molecule has 0 saturated carbocycles. The molecule has 0 aliphatic heterocycles. The normalized spacial score (nSPS) is 10.9. The zero-order valence-electron chi connectivity index (χ0n) is 13.6. The SMILES string of the molecule is COc1ccc(Nc2ccc(NS(=O)(=O)c3ccccc3)cc2)cc1. The lowest BCUT2D eigenvalue weighted by molar-refractivity contribution is 0.415. The van der Waals surface area contributed by atoms with Crippen LogP contribution in [0.3, 0.4) is 0 Å². The molecular weight excluding hydrogens is 336 g/mol. The van der Waals surface area contributed by atoms with E-state index in [1.165, 1.54) is 0 Å². The molecule has 0 heterocycles. The van der Waals surface area contributed by atoms with E-state index in [1.807, 2.05) is 36.4 Å². The summed E-state index contributed by atoms with van der Waals surface area (Å²) < 4.78 is 32.3. The number of hydrogen-bond acceptors (Lipinski definition) is 4. The van der Waals surface area contributed by atoms with Crippen molar-refractivity contribution in [3.63, 3.8) is 0 Å². The van der Waals surface area contributed by atoms with Gasteiger partial charge < -0.3 is 10.1 Å². The molecule has 6 heteroatoms. The summed E-state index contributed by atoms with van der Waals surface area (Å²) in [5.74, 6) is 0.788. The first-order valence-electron chi connectivity index (χ1n) is 7.66. The number of ether oxygens (including phenoxy) is 1. The molecule has 0 spiro atoms. The van der Waals surface area contributed by atoms with Gasteiger partial charge in [0, 0.05) is 17.1 Å². The van der Waals surface area contributed by atoms with Gasteiger partial charge in [-0.1, -0.05) is 18.2 Å². The molecule has 0 amide bonds. The second kappa shape index (κ2) is 7.27. The van der Waals surface area contributed by atoms with Crippen molar-refractivity contribution in [1.29, 1.82) is 0 Å². The minimum Gasteiger partial charge on any atom is -0.497 e. The van der Waals surface area contributed by atoms with Crippen LogP contribution in [0.5, 0.6) is 5.75 Å². The molecular formula is C19H18N2O3S. The first-order valence-corrected chi connectivity index (χ1v) is 9.14. The molecule has 0 radical (unpaired) electrons. The van der Waals surface area contributed by atoms with Crippen molar-refractivity contribution in [2.24, 2.45) is 0 Å². The van der Waals surface area contributed by atoms with Crippen LogP contribution in [-0.4, -0.2) is 15.5 Å². The Morgan fingerprint density at radius 1 is 0.720 bits per heavy atom. The number of nitrogens with one attached hydrogen (secondary N) is 2.